The predicted octanol–water partition coefficient (Wildman–Crippen LogP) is 4.59. The number of benzene rings is 2. The van der Waals surface area contributed by atoms with Crippen LogP contribution in [0.5, 0.6) is 11.5 Å². The number of hydrogen-bond donors (Lipinski definition) is 0. The summed E-state index contributed by atoms with van der Waals surface area (Å²) in [7, 11) is -0.665. The van der Waals surface area contributed by atoms with Crippen molar-refractivity contribution >= 4 is 32.8 Å². The molecule has 2 heterocycles. The van der Waals surface area contributed by atoms with Crippen molar-refractivity contribution < 1.29 is 17.9 Å². The predicted molar refractivity (Wildman–Crippen MR) is 125 cm³/mol. The zero-order valence-electron chi connectivity index (χ0n) is 18.2. The van der Waals surface area contributed by atoms with Crippen molar-refractivity contribution in [2.45, 2.75) is 29.7 Å². The molecule has 0 radical (unpaired) electrons. The minimum absolute atomic E-state index is 0.197. The number of aromatic nitrogens is 3. The summed E-state index contributed by atoms with van der Waals surface area (Å²) < 4.78 is 39.2. The van der Waals surface area contributed by atoms with Crippen molar-refractivity contribution in [2.24, 2.45) is 0 Å². The van der Waals surface area contributed by atoms with Crippen LogP contribution in [-0.2, 0) is 15.8 Å². The number of aryl methyl sites for hydroxylation is 1. The van der Waals surface area contributed by atoms with Gasteiger partial charge < -0.3 is 9.47 Å². The lowest BCUT2D eigenvalue weighted by atomic mass is 10.1. The van der Waals surface area contributed by atoms with E-state index in [1.54, 1.807) is 68.9 Å². The van der Waals surface area contributed by atoms with Crippen LogP contribution in [0.15, 0.2) is 64.8 Å². The highest BCUT2D eigenvalue weighted by Crippen LogP contribution is 2.34. The second-order valence-electron chi connectivity index (χ2n) is 7.17. The van der Waals surface area contributed by atoms with Gasteiger partial charge in [0, 0.05) is 29.1 Å². The van der Waals surface area contributed by atoms with Crippen LogP contribution < -0.4 is 9.47 Å². The van der Waals surface area contributed by atoms with Gasteiger partial charge in [0.2, 0.25) is 0 Å². The van der Waals surface area contributed by atoms with Crippen LogP contribution >= 0.6 is 11.8 Å². The van der Waals surface area contributed by atoms with Gasteiger partial charge in [-0.3, -0.25) is 4.98 Å². The molecule has 0 saturated carbocycles. The monoisotopic (exact) mass is 469 g/mol. The summed E-state index contributed by atoms with van der Waals surface area (Å²) in [5.41, 5.74) is 3.71. The lowest BCUT2D eigenvalue weighted by Crippen LogP contribution is -2.14. The molecule has 166 valence electrons. The topological polar surface area (TPSA) is 83.3 Å². The van der Waals surface area contributed by atoms with Gasteiger partial charge in [-0.05, 0) is 38.1 Å². The van der Waals surface area contributed by atoms with Crippen LogP contribution in [0.2, 0.25) is 0 Å². The highest BCUT2D eigenvalue weighted by molar-refractivity contribution is 7.99. The molecule has 4 aromatic rings. The van der Waals surface area contributed by atoms with Crippen LogP contribution in [0.25, 0.3) is 11.0 Å². The van der Waals surface area contributed by atoms with E-state index < -0.39 is 10.0 Å². The van der Waals surface area contributed by atoms with Gasteiger partial charge in [0.1, 0.15) is 11.5 Å². The molecule has 0 saturated heterocycles. The van der Waals surface area contributed by atoms with Crippen molar-refractivity contribution in [1.82, 2.24) is 13.9 Å². The smallest absolute Gasteiger partial charge is 0.270 e. The van der Waals surface area contributed by atoms with E-state index in [0.717, 1.165) is 22.6 Å². The van der Waals surface area contributed by atoms with Gasteiger partial charge in [0.05, 0.1) is 35.8 Å². The third-order valence-corrected chi connectivity index (χ3v) is 7.94. The van der Waals surface area contributed by atoms with Gasteiger partial charge in [-0.15, -0.1) is 0 Å². The summed E-state index contributed by atoms with van der Waals surface area (Å²) in [6.07, 6.45) is 1.76. The van der Waals surface area contributed by atoms with E-state index in [9.17, 15) is 8.42 Å². The van der Waals surface area contributed by atoms with E-state index in [2.05, 4.69) is 9.97 Å². The third kappa shape index (κ3) is 3.93. The number of fused-ring (bicyclic) bond motifs is 1. The summed E-state index contributed by atoms with van der Waals surface area (Å²) in [6.45, 7) is 3.89. The summed E-state index contributed by atoms with van der Waals surface area (Å²) in [4.78, 5) is 9.35. The van der Waals surface area contributed by atoms with E-state index in [1.807, 2.05) is 13.8 Å². The fourth-order valence-electron chi connectivity index (χ4n) is 3.51. The maximum absolute atomic E-state index is 13.6. The first-order valence-electron chi connectivity index (χ1n) is 9.85. The molecule has 0 fully saturated rings. The largest absolute Gasteiger partial charge is 0.497 e. The molecule has 0 spiro atoms. The Morgan fingerprint density at radius 2 is 1.78 bits per heavy atom. The summed E-state index contributed by atoms with van der Waals surface area (Å²) in [5, 5.41) is 0.359. The maximum Gasteiger partial charge on any atom is 0.270 e. The van der Waals surface area contributed by atoms with Gasteiger partial charge in [0.15, 0.2) is 5.16 Å². The van der Waals surface area contributed by atoms with E-state index in [0.29, 0.717) is 27.7 Å². The van der Waals surface area contributed by atoms with Gasteiger partial charge in [-0.25, -0.2) is 17.4 Å². The second-order valence-corrected chi connectivity index (χ2v) is 9.90. The zero-order valence-corrected chi connectivity index (χ0v) is 19.8. The molecule has 4 rings (SSSR count). The Morgan fingerprint density at radius 1 is 1.03 bits per heavy atom. The zero-order chi connectivity index (χ0) is 22.9. The molecule has 0 atom stereocenters. The first kappa shape index (κ1) is 22.2. The maximum atomic E-state index is 13.6. The Kier molecular flexibility index (Phi) is 6.12. The first-order chi connectivity index (χ1) is 15.4. The van der Waals surface area contributed by atoms with Gasteiger partial charge >= 0.3 is 0 Å². The molecule has 2 aromatic carbocycles. The van der Waals surface area contributed by atoms with Crippen molar-refractivity contribution in [2.75, 3.05) is 14.2 Å². The molecule has 0 unspecified atom stereocenters. The number of imidazole rings is 1. The fraction of sp³-hybridized carbons (Fsp3) is 0.217. The van der Waals surface area contributed by atoms with E-state index in [-0.39, 0.29) is 4.90 Å². The highest BCUT2D eigenvalue weighted by Gasteiger charge is 2.25. The van der Waals surface area contributed by atoms with Crippen LogP contribution in [-0.4, -0.2) is 36.6 Å². The molecular formula is C23H23N3O4S2. The number of ether oxygens (including phenoxy) is 2. The third-order valence-electron chi connectivity index (χ3n) is 5.16. The Bertz CT molecular complexity index is 1380. The standard InChI is InChI=1S/C23H23N3O4S2/c1-15-13-24-20(16(2)22(15)30-4)14-31-23-25-19-12-17(29-3)10-11-21(19)26(23)32(27,28)18-8-6-5-7-9-18/h5-13H,14H2,1-4H3. The lowest BCUT2D eigenvalue weighted by molar-refractivity contribution is 0.407. The molecule has 0 aliphatic rings. The van der Waals surface area contributed by atoms with Crippen molar-refractivity contribution in [3.8, 4) is 11.5 Å². The number of thioether (sulfide) groups is 1. The number of pyridine rings is 1. The molecule has 0 bridgehead atoms. The molecule has 32 heavy (non-hydrogen) atoms. The van der Waals surface area contributed by atoms with Crippen LogP contribution in [0.1, 0.15) is 16.8 Å². The van der Waals surface area contributed by atoms with E-state index in [4.69, 9.17) is 9.47 Å². The van der Waals surface area contributed by atoms with Gasteiger partial charge in [0.25, 0.3) is 10.0 Å². The van der Waals surface area contributed by atoms with Crippen molar-refractivity contribution in [3.05, 3.63) is 71.5 Å². The second kappa shape index (κ2) is 8.84. The molecule has 0 aliphatic heterocycles. The van der Waals surface area contributed by atoms with Crippen LogP contribution in [0, 0.1) is 13.8 Å². The lowest BCUT2D eigenvalue weighted by Gasteiger charge is -2.13. The SMILES string of the molecule is COc1ccc2c(c1)nc(SCc1ncc(C)c(OC)c1C)n2S(=O)(=O)c1ccccc1. The van der Waals surface area contributed by atoms with Crippen molar-refractivity contribution in [1.29, 1.82) is 0 Å². The number of methoxy groups -OCH3 is 2. The van der Waals surface area contributed by atoms with Crippen LogP contribution in [0.3, 0.4) is 0 Å². The Morgan fingerprint density at radius 3 is 2.47 bits per heavy atom. The average molecular weight is 470 g/mol. The fourth-order valence-corrected chi connectivity index (χ4v) is 6.27. The number of nitrogens with zero attached hydrogens (tertiary/aromatic N) is 3. The van der Waals surface area contributed by atoms with Crippen LogP contribution in [0.4, 0.5) is 0 Å². The first-order valence-corrected chi connectivity index (χ1v) is 12.3. The minimum atomic E-state index is -3.86. The van der Waals surface area contributed by atoms with E-state index >= 15 is 0 Å². The molecule has 0 N–H and O–H groups in total. The Labute approximate surface area is 191 Å². The molecule has 2 aromatic heterocycles. The average Bonchev–Trinajstić information content (AvgIpc) is 3.17. The van der Waals surface area contributed by atoms with Gasteiger partial charge in [-0.2, -0.15) is 0 Å². The summed E-state index contributed by atoms with van der Waals surface area (Å²) >= 11 is 1.31. The molecule has 9 heteroatoms. The van der Waals surface area contributed by atoms with E-state index in [1.165, 1.54) is 15.7 Å². The highest BCUT2D eigenvalue weighted by atomic mass is 32.2. The van der Waals surface area contributed by atoms with Gasteiger partial charge in [-0.1, -0.05) is 30.0 Å². The normalized spacial score (nSPS) is 11.6. The number of rotatable bonds is 7. The summed E-state index contributed by atoms with van der Waals surface area (Å²) in [5.74, 6) is 1.83. The molecule has 0 amide bonds. The Hall–Kier alpha value is -3.04. The Balaban J connectivity index is 1.82. The molecule has 7 nitrogen and oxygen atoms in total. The van der Waals surface area contributed by atoms with Crippen molar-refractivity contribution in [3.63, 3.8) is 0 Å². The summed E-state index contributed by atoms with van der Waals surface area (Å²) in [6, 6.07) is 13.5. The number of hydrogen-bond acceptors (Lipinski definition) is 7. The minimum Gasteiger partial charge on any atom is -0.497 e. The molecule has 0 aliphatic carbocycles. The quantitative estimate of drug-likeness (QED) is 0.366. The molecular weight excluding hydrogens is 446 g/mol.